The maximum absolute atomic E-state index is 6.61. The van der Waals surface area contributed by atoms with Crippen molar-refractivity contribution in [2.45, 2.75) is 0 Å². The van der Waals surface area contributed by atoms with Crippen molar-refractivity contribution in [1.29, 1.82) is 0 Å². The summed E-state index contributed by atoms with van der Waals surface area (Å²) < 4.78 is 26.3. The number of ether oxygens (including phenoxy) is 4. The molecule has 0 atom stereocenters. The fourth-order valence-corrected chi connectivity index (χ4v) is 6.77. The van der Waals surface area contributed by atoms with Crippen molar-refractivity contribution in [3.05, 3.63) is 133 Å². The molecule has 6 aromatic rings. The van der Waals surface area contributed by atoms with Gasteiger partial charge in [0.1, 0.15) is 11.4 Å². The van der Waals surface area contributed by atoms with Gasteiger partial charge in [0.2, 0.25) is 0 Å². The zero-order valence-electron chi connectivity index (χ0n) is 24.5. The lowest BCUT2D eigenvalue weighted by molar-refractivity contribution is 0.444. The first-order chi connectivity index (χ1) is 22.7. The van der Waals surface area contributed by atoms with Crippen molar-refractivity contribution in [1.82, 2.24) is 0 Å². The zero-order chi connectivity index (χ0) is 30.5. The van der Waals surface area contributed by atoms with E-state index in [1.807, 2.05) is 72.8 Å². The maximum Gasteiger partial charge on any atom is 0.156 e. The molecule has 0 unspecified atom stereocenters. The van der Waals surface area contributed by atoms with Crippen LogP contribution in [0.15, 0.2) is 122 Å². The number of anilines is 6. The molecule has 0 bridgehead atoms. The fourth-order valence-electron chi connectivity index (χ4n) is 6.77. The molecule has 4 heterocycles. The second-order valence-electron chi connectivity index (χ2n) is 11.5. The van der Waals surface area contributed by atoms with Crippen molar-refractivity contribution in [2.24, 2.45) is 0 Å². The Bertz CT molecular complexity index is 2180. The van der Waals surface area contributed by atoms with Gasteiger partial charge in [-0.25, -0.2) is 0 Å². The van der Waals surface area contributed by atoms with Crippen LogP contribution < -0.4 is 28.7 Å². The van der Waals surface area contributed by atoms with Crippen molar-refractivity contribution in [3.63, 3.8) is 0 Å². The summed E-state index contributed by atoms with van der Waals surface area (Å²) in [6.07, 6.45) is 3.65. The molecule has 6 heteroatoms. The molecule has 0 aromatic heterocycles. The lowest BCUT2D eigenvalue weighted by Gasteiger charge is -2.39. The Hall–Kier alpha value is -6.40. The number of rotatable bonds is 3. The molecule has 218 valence electrons. The Morgan fingerprint density at radius 2 is 0.761 bits per heavy atom. The summed E-state index contributed by atoms with van der Waals surface area (Å²) in [6.45, 7) is 7.91. The summed E-state index contributed by atoms with van der Waals surface area (Å²) in [4.78, 5) is 4.43. The third-order valence-electron chi connectivity index (χ3n) is 8.87. The van der Waals surface area contributed by atoms with Gasteiger partial charge in [-0.1, -0.05) is 61.7 Å². The van der Waals surface area contributed by atoms with Gasteiger partial charge in [-0.05, 0) is 95.1 Å². The van der Waals surface area contributed by atoms with Gasteiger partial charge in [0.25, 0.3) is 0 Å². The first-order valence-corrected chi connectivity index (χ1v) is 15.1. The SMILES string of the molecule is C=Cc1ccc2c(c1)Oc1cc(-c3cc4c5c(c3)Oc3cc(C=C)ccc3N5c3ccccc3O4)cc3c1N2c1ccccc1O3. The van der Waals surface area contributed by atoms with Gasteiger partial charge in [-0.3, -0.25) is 9.80 Å². The van der Waals surface area contributed by atoms with Crippen LogP contribution in [0.2, 0.25) is 0 Å². The number of para-hydroxylation sites is 4. The van der Waals surface area contributed by atoms with E-state index in [2.05, 4.69) is 71.5 Å². The molecule has 4 aliphatic heterocycles. The Morgan fingerprint density at radius 1 is 0.391 bits per heavy atom. The predicted molar refractivity (Wildman–Crippen MR) is 182 cm³/mol. The highest BCUT2D eigenvalue weighted by Gasteiger charge is 2.37. The number of fused-ring (bicyclic) bond motifs is 8. The van der Waals surface area contributed by atoms with Crippen LogP contribution in [0.5, 0.6) is 46.0 Å². The monoisotopic (exact) mass is 596 g/mol. The van der Waals surface area contributed by atoms with Crippen LogP contribution in [-0.2, 0) is 0 Å². The van der Waals surface area contributed by atoms with Gasteiger partial charge in [0, 0.05) is 0 Å². The van der Waals surface area contributed by atoms with Crippen LogP contribution in [0.4, 0.5) is 34.1 Å². The highest BCUT2D eigenvalue weighted by Crippen LogP contribution is 2.63. The molecule has 4 aliphatic rings. The van der Waals surface area contributed by atoms with Gasteiger partial charge in [0.15, 0.2) is 46.0 Å². The molecule has 0 saturated carbocycles. The zero-order valence-corrected chi connectivity index (χ0v) is 24.5. The molecule has 0 N–H and O–H groups in total. The minimum atomic E-state index is 0.692. The standard InChI is InChI=1S/C40H24N2O4/c1-3-23-13-15-29-33(17-23)45-37-21-25(19-35-39(37)41(29)27-9-5-7-11-31(27)43-35)26-20-36-40-38(22-26)46-34-18-24(4-2)14-16-30(34)42(40)28-10-6-8-12-32(28)44-36/h3-22H,1-2H2. The molecule has 0 amide bonds. The third kappa shape index (κ3) is 3.41. The van der Waals surface area contributed by atoms with E-state index in [1.165, 1.54) is 0 Å². The lowest BCUT2D eigenvalue weighted by Crippen LogP contribution is -2.20. The van der Waals surface area contributed by atoms with Crippen LogP contribution in [-0.4, -0.2) is 0 Å². The highest BCUT2D eigenvalue weighted by molar-refractivity contribution is 5.98. The number of hydrogen-bond acceptors (Lipinski definition) is 6. The summed E-state index contributed by atoms with van der Waals surface area (Å²) in [5, 5.41) is 0. The summed E-state index contributed by atoms with van der Waals surface area (Å²) in [6, 6.07) is 36.6. The Kier molecular flexibility index (Phi) is 4.92. The first-order valence-electron chi connectivity index (χ1n) is 15.1. The van der Waals surface area contributed by atoms with Crippen LogP contribution >= 0.6 is 0 Å². The number of hydrogen-bond donors (Lipinski definition) is 0. The molecule has 0 radical (unpaired) electrons. The number of nitrogens with zero attached hydrogens (tertiary/aromatic N) is 2. The average molecular weight is 597 g/mol. The maximum atomic E-state index is 6.61. The summed E-state index contributed by atoms with van der Waals surface area (Å²) in [5.74, 6) is 5.82. The van der Waals surface area contributed by atoms with Gasteiger partial charge in [0.05, 0.1) is 22.7 Å². The van der Waals surface area contributed by atoms with E-state index in [1.54, 1.807) is 0 Å². The molecular formula is C40H24N2O4. The highest BCUT2D eigenvalue weighted by atomic mass is 16.5. The average Bonchev–Trinajstić information content (AvgIpc) is 3.10. The molecule has 6 nitrogen and oxygen atoms in total. The summed E-state index contributed by atoms with van der Waals surface area (Å²) in [7, 11) is 0. The van der Waals surface area contributed by atoms with E-state index in [4.69, 9.17) is 18.9 Å². The minimum Gasteiger partial charge on any atom is -0.453 e. The van der Waals surface area contributed by atoms with Gasteiger partial charge in [-0.15, -0.1) is 0 Å². The normalized spacial score (nSPS) is 13.6. The largest absolute Gasteiger partial charge is 0.453 e. The van der Waals surface area contributed by atoms with Crippen molar-refractivity contribution in [3.8, 4) is 57.1 Å². The Labute approximate surface area is 265 Å². The molecule has 0 aliphatic carbocycles. The molecule has 10 rings (SSSR count). The van der Waals surface area contributed by atoms with E-state index >= 15 is 0 Å². The molecule has 46 heavy (non-hydrogen) atoms. The summed E-state index contributed by atoms with van der Waals surface area (Å²) in [5.41, 5.74) is 9.28. The quantitative estimate of drug-likeness (QED) is 0.202. The van der Waals surface area contributed by atoms with E-state index in [-0.39, 0.29) is 0 Å². The molecule has 0 saturated heterocycles. The molecule has 0 fully saturated rings. The van der Waals surface area contributed by atoms with Crippen LogP contribution in [0.25, 0.3) is 23.3 Å². The topological polar surface area (TPSA) is 43.4 Å². The van der Waals surface area contributed by atoms with E-state index in [9.17, 15) is 0 Å². The van der Waals surface area contributed by atoms with E-state index < -0.39 is 0 Å². The van der Waals surface area contributed by atoms with E-state index in [0.29, 0.717) is 23.0 Å². The minimum absolute atomic E-state index is 0.692. The van der Waals surface area contributed by atoms with Crippen LogP contribution in [0.3, 0.4) is 0 Å². The van der Waals surface area contributed by atoms with Crippen LogP contribution in [0, 0.1) is 0 Å². The second-order valence-corrected chi connectivity index (χ2v) is 11.5. The molecule has 6 aromatic carbocycles. The molecule has 0 spiro atoms. The number of benzene rings is 6. The molecular weight excluding hydrogens is 572 g/mol. The second kappa shape index (κ2) is 9.06. The van der Waals surface area contributed by atoms with Crippen molar-refractivity contribution in [2.75, 3.05) is 9.80 Å². The Balaban J connectivity index is 1.17. The first kappa shape index (κ1) is 25.0. The fraction of sp³-hybridized carbons (Fsp3) is 0. The van der Waals surface area contributed by atoms with Crippen molar-refractivity contribution < 1.29 is 18.9 Å². The Morgan fingerprint density at radius 3 is 1.17 bits per heavy atom. The van der Waals surface area contributed by atoms with Crippen molar-refractivity contribution >= 4 is 46.3 Å². The van der Waals surface area contributed by atoms with Gasteiger partial charge < -0.3 is 18.9 Å². The third-order valence-corrected chi connectivity index (χ3v) is 8.87. The van der Waals surface area contributed by atoms with Gasteiger partial charge >= 0.3 is 0 Å². The predicted octanol–water partition coefficient (Wildman–Crippen LogP) is 12.0. The van der Waals surface area contributed by atoms with Crippen LogP contribution in [0.1, 0.15) is 11.1 Å². The lowest BCUT2D eigenvalue weighted by atomic mass is 9.98. The summed E-state index contributed by atoms with van der Waals surface area (Å²) >= 11 is 0. The van der Waals surface area contributed by atoms with E-state index in [0.717, 1.165) is 79.4 Å². The smallest absolute Gasteiger partial charge is 0.156 e. The van der Waals surface area contributed by atoms with Gasteiger partial charge in [-0.2, -0.15) is 0 Å².